The van der Waals surface area contributed by atoms with Gasteiger partial charge in [-0.25, -0.2) is 13.6 Å². The van der Waals surface area contributed by atoms with Crippen molar-refractivity contribution in [3.8, 4) is 17.1 Å². The van der Waals surface area contributed by atoms with Crippen LogP contribution in [0, 0.1) is 0 Å². The molecule has 3 aromatic rings. The zero-order valence-electron chi connectivity index (χ0n) is 22.6. The smallest absolute Gasteiger partial charge is 0.333 e. The predicted molar refractivity (Wildman–Crippen MR) is 151 cm³/mol. The van der Waals surface area contributed by atoms with E-state index >= 15 is 0 Å². The number of thioether (sulfide) groups is 1. The van der Waals surface area contributed by atoms with Gasteiger partial charge in [0.1, 0.15) is 17.1 Å². The number of hydrogen-bond donors (Lipinski definition) is 0. The van der Waals surface area contributed by atoms with E-state index in [0.29, 0.717) is 12.2 Å². The minimum Gasteiger partial charge on any atom is -0.496 e. The van der Waals surface area contributed by atoms with Gasteiger partial charge in [0.25, 0.3) is 0 Å². The fourth-order valence-corrected chi connectivity index (χ4v) is 5.05. The molecule has 0 aliphatic rings. The molecule has 3 rings (SSSR count). The van der Waals surface area contributed by atoms with Crippen LogP contribution in [0.15, 0.2) is 63.9 Å². The Labute approximate surface area is 228 Å². The van der Waals surface area contributed by atoms with E-state index in [2.05, 4.69) is 31.7 Å². The molecule has 38 heavy (non-hydrogen) atoms. The van der Waals surface area contributed by atoms with Crippen LogP contribution in [-0.4, -0.2) is 31.4 Å². The Hall–Kier alpha value is -2.80. The third kappa shape index (κ3) is 8.90. The SMILES string of the molecule is C=C(C)C(=O)OCCCC(F)(F)CCCSc1ccc2cc(-c3ccc(CCCCC)cc3OC)oc2c1. The maximum absolute atomic E-state index is 14.2. The van der Waals surface area contributed by atoms with Crippen LogP contribution in [-0.2, 0) is 16.0 Å². The molecule has 0 atom stereocenters. The number of furan rings is 1. The highest BCUT2D eigenvalue weighted by molar-refractivity contribution is 7.99. The summed E-state index contributed by atoms with van der Waals surface area (Å²) in [5.41, 5.74) is 3.19. The minimum absolute atomic E-state index is 0.0177. The van der Waals surface area contributed by atoms with Crippen molar-refractivity contribution < 1.29 is 27.5 Å². The molecule has 0 amide bonds. The van der Waals surface area contributed by atoms with Gasteiger partial charge < -0.3 is 13.9 Å². The largest absolute Gasteiger partial charge is 0.496 e. The molecule has 0 unspecified atom stereocenters. The Morgan fingerprint density at radius 3 is 2.58 bits per heavy atom. The van der Waals surface area contributed by atoms with Crippen LogP contribution in [0.3, 0.4) is 0 Å². The topological polar surface area (TPSA) is 48.7 Å². The number of carbonyl (C=O) groups excluding carboxylic acids is 1. The van der Waals surface area contributed by atoms with Crippen LogP contribution >= 0.6 is 11.8 Å². The summed E-state index contributed by atoms with van der Waals surface area (Å²) >= 11 is 1.54. The van der Waals surface area contributed by atoms with Gasteiger partial charge in [-0.15, -0.1) is 11.8 Å². The molecule has 4 nitrogen and oxygen atoms in total. The number of methoxy groups -OCH3 is 1. The molecule has 0 fully saturated rings. The van der Waals surface area contributed by atoms with Gasteiger partial charge in [0.15, 0.2) is 0 Å². The van der Waals surface area contributed by atoms with E-state index in [0.717, 1.165) is 45.8 Å². The summed E-state index contributed by atoms with van der Waals surface area (Å²) in [5, 5.41) is 0.984. The third-order valence-electron chi connectivity index (χ3n) is 6.32. The summed E-state index contributed by atoms with van der Waals surface area (Å²) in [7, 11) is 1.67. The molecule has 0 spiro atoms. The number of carbonyl (C=O) groups is 1. The van der Waals surface area contributed by atoms with Gasteiger partial charge in [0.05, 0.1) is 19.3 Å². The summed E-state index contributed by atoms with van der Waals surface area (Å²) in [6.07, 6.45) is 4.61. The highest BCUT2D eigenvalue weighted by Crippen LogP contribution is 2.36. The zero-order valence-corrected chi connectivity index (χ0v) is 23.4. The molecule has 0 saturated heterocycles. The highest BCUT2D eigenvalue weighted by atomic mass is 32.2. The standard InChI is InChI=1S/C31H38F2O4S/c1-5-6-7-10-23-11-14-26(28(19-23)35-4)29-20-24-12-13-25(21-27(24)37-29)38-18-9-16-31(32,33)15-8-17-36-30(34)22(2)3/h11-14,19-21H,2,5-10,15-18H2,1,3-4H3. The first-order valence-electron chi connectivity index (χ1n) is 13.3. The number of fused-ring (bicyclic) bond motifs is 1. The Morgan fingerprint density at radius 2 is 1.84 bits per heavy atom. The van der Waals surface area contributed by atoms with E-state index in [1.165, 1.54) is 37.1 Å². The highest BCUT2D eigenvalue weighted by Gasteiger charge is 2.27. The van der Waals surface area contributed by atoms with Crippen LogP contribution in [0.25, 0.3) is 22.3 Å². The van der Waals surface area contributed by atoms with E-state index in [9.17, 15) is 13.6 Å². The first kappa shape index (κ1) is 29.8. The molecule has 206 valence electrons. The Bertz CT molecular complexity index is 1220. The summed E-state index contributed by atoms with van der Waals surface area (Å²) in [6.45, 7) is 7.18. The lowest BCUT2D eigenvalue weighted by Gasteiger charge is -2.16. The van der Waals surface area contributed by atoms with Gasteiger partial charge in [-0.3, -0.25) is 0 Å². The van der Waals surface area contributed by atoms with Crippen molar-refractivity contribution in [1.29, 1.82) is 0 Å². The van der Waals surface area contributed by atoms with Gasteiger partial charge in [0, 0.05) is 28.7 Å². The number of hydrogen-bond acceptors (Lipinski definition) is 5. The van der Waals surface area contributed by atoms with Gasteiger partial charge in [-0.2, -0.15) is 0 Å². The molecule has 0 bridgehead atoms. The second kappa shape index (κ2) is 14.4. The number of halogens is 2. The van der Waals surface area contributed by atoms with Crippen molar-refractivity contribution in [2.75, 3.05) is 19.5 Å². The van der Waals surface area contributed by atoms with Crippen molar-refractivity contribution in [2.24, 2.45) is 0 Å². The molecule has 0 saturated carbocycles. The van der Waals surface area contributed by atoms with E-state index in [4.69, 9.17) is 13.9 Å². The maximum atomic E-state index is 14.2. The van der Waals surface area contributed by atoms with Gasteiger partial charge in [0.2, 0.25) is 5.92 Å². The van der Waals surface area contributed by atoms with E-state index in [1.54, 1.807) is 7.11 Å². The average Bonchev–Trinajstić information content (AvgIpc) is 3.32. The molecule has 1 heterocycles. The van der Waals surface area contributed by atoms with Crippen LogP contribution < -0.4 is 4.74 Å². The lowest BCUT2D eigenvalue weighted by atomic mass is 10.0. The molecular formula is C31H38F2O4S. The quantitative estimate of drug-likeness (QED) is 0.0778. The second-order valence-electron chi connectivity index (χ2n) is 9.63. The number of rotatable bonds is 16. The molecule has 0 radical (unpaired) electrons. The molecule has 7 heteroatoms. The van der Waals surface area contributed by atoms with E-state index in [-0.39, 0.29) is 31.4 Å². The van der Waals surface area contributed by atoms with Gasteiger partial charge in [-0.1, -0.05) is 32.4 Å². The monoisotopic (exact) mass is 544 g/mol. The Kier molecular flexibility index (Phi) is 11.3. The van der Waals surface area contributed by atoms with E-state index in [1.807, 2.05) is 24.3 Å². The van der Waals surface area contributed by atoms with Crippen molar-refractivity contribution in [2.45, 2.75) is 76.0 Å². The number of benzene rings is 2. The number of esters is 1. The second-order valence-corrected chi connectivity index (χ2v) is 10.8. The number of ether oxygens (including phenoxy) is 2. The number of aryl methyl sites for hydroxylation is 1. The molecular weight excluding hydrogens is 506 g/mol. The molecule has 2 aromatic carbocycles. The normalized spacial score (nSPS) is 11.6. The van der Waals surface area contributed by atoms with Gasteiger partial charge in [-0.05, 0) is 80.3 Å². The minimum atomic E-state index is -2.78. The lowest BCUT2D eigenvalue weighted by Crippen LogP contribution is -2.17. The molecule has 0 aliphatic carbocycles. The zero-order chi connectivity index (χ0) is 27.5. The summed E-state index contributed by atoms with van der Waals surface area (Å²) in [4.78, 5) is 12.3. The summed E-state index contributed by atoms with van der Waals surface area (Å²) in [5.74, 6) is -1.21. The fourth-order valence-electron chi connectivity index (χ4n) is 4.17. The average molecular weight is 545 g/mol. The first-order chi connectivity index (χ1) is 18.2. The van der Waals surface area contributed by atoms with Crippen LogP contribution in [0.4, 0.5) is 8.78 Å². The lowest BCUT2D eigenvalue weighted by molar-refractivity contribution is -0.139. The van der Waals surface area contributed by atoms with Crippen molar-refractivity contribution in [3.63, 3.8) is 0 Å². The molecule has 0 N–H and O–H groups in total. The number of unbranched alkanes of at least 4 members (excludes halogenated alkanes) is 2. The Balaban J connectivity index is 1.52. The van der Waals surface area contributed by atoms with Crippen LogP contribution in [0.1, 0.15) is 64.4 Å². The predicted octanol–water partition coefficient (Wildman–Crippen LogP) is 9.25. The summed E-state index contributed by atoms with van der Waals surface area (Å²) in [6, 6.07) is 14.2. The van der Waals surface area contributed by atoms with Gasteiger partial charge >= 0.3 is 5.97 Å². The Morgan fingerprint density at radius 1 is 1.05 bits per heavy atom. The molecule has 0 aliphatic heterocycles. The third-order valence-corrected chi connectivity index (χ3v) is 7.40. The van der Waals surface area contributed by atoms with Crippen LogP contribution in [0.2, 0.25) is 0 Å². The first-order valence-corrected chi connectivity index (χ1v) is 14.2. The number of alkyl halides is 2. The van der Waals surface area contributed by atoms with Crippen LogP contribution in [0.5, 0.6) is 5.75 Å². The van der Waals surface area contributed by atoms with Crippen molar-refractivity contribution in [1.82, 2.24) is 0 Å². The molecule has 1 aromatic heterocycles. The van der Waals surface area contributed by atoms with Crippen molar-refractivity contribution in [3.05, 3.63) is 60.2 Å². The fraction of sp³-hybridized carbons (Fsp3) is 0.452. The van der Waals surface area contributed by atoms with E-state index < -0.39 is 11.9 Å². The summed E-state index contributed by atoms with van der Waals surface area (Å²) < 4.78 is 45.1. The van der Waals surface area contributed by atoms with Crippen molar-refractivity contribution >= 4 is 28.7 Å². The maximum Gasteiger partial charge on any atom is 0.333 e.